The fraction of sp³-hybridized carbons (Fsp3) is 0.250. The molecule has 1 heterocycles. The van der Waals surface area contributed by atoms with Crippen molar-refractivity contribution in [1.29, 1.82) is 0 Å². The summed E-state index contributed by atoms with van der Waals surface area (Å²) in [5.41, 5.74) is 2.63. The quantitative estimate of drug-likeness (QED) is 0.920. The maximum Gasteiger partial charge on any atom is 0.175 e. The van der Waals surface area contributed by atoms with Crippen molar-refractivity contribution >= 4 is 21.2 Å². The fourth-order valence-corrected chi connectivity index (χ4v) is 2.29. The summed E-state index contributed by atoms with van der Waals surface area (Å²) in [6, 6.07) is 6.65. The zero-order chi connectivity index (χ0) is 13.3. The third-order valence-electron chi connectivity index (χ3n) is 2.57. The Morgan fingerprint density at radius 3 is 2.28 bits per heavy atom. The van der Waals surface area contributed by atoms with Gasteiger partial charge in [-0.25, -0.2) is 8.42 Å². The molecule has 0 saturated heterocycles. The van der Waals surface area contributed by atoms with Crippen LogP contribution in [0.1, 0.15) is 5.69 Å². The minimum Gasteiger partial charge on any atom is -0.353 e. The number of benzene rings is 1. The number of sulfone groups is 1. The molecule has 0 aliphatic carbocycles. The second-order valence-electron chi connectivity index (χ2n) is 4.22. The van der Waals surface area contributed by atoms with Crippen LogP contribution in [0, 0.1) is 6.92 Å². The van der Waals surface area contributed by atoms with Gasteiger partial charge in [-0.15, -0.1) is 0 Å². The van der Waals surface area contributed by atoms with Crippen LogP contribution in [0.5, 0.6) is 0 Å². The molecule has 0 amide bonds. The van der Waals surface area contributed by atoms with Crippen LogP contribution in [0.4, 0.5) is 11.4 Å². The monoisotopic (exact) mass is 265 g/mol. The van der Waals surface area contributed by atoms with Crippen molar-refractivity contribution in [2.45, 2.75) is 11.8 Å². The molecule has 0 aliphatic heterocycles. The van der Waals surface area contributed by atoms with E-state index in [1.54, 1.807) is 28.9 Å². The molecule has 2 aromatic rings. The number of nitrogens with zero attached hydrogens (tertiary/aromatic N) is 2. The average molecular weight is 265 g/mol. The van der Waals surface area contributed by atoms with Gasteiger partial charge in [-0.2, -0.15) is 5.10 Å². The molecule has 1 N–H and O–H groups in total. The van der Waals surface area contributed by atoms with E-state index in [4.69, 9.17) is 0 Å². The lowest BCUT2D eigenvalue weighted by molar-refractivity contribution is 0.602. The van der Waals surface area contributed by atoms with Crippen LogP contribution in [0.25, 0.3) is 0 Å². The molecule has 0 saturated carbocycles. The lowest BCUT2D eigenvalue weighted by Crippen LogP contribution is -1.97. The van der Waals surface area contributed by atoms with Crippen LogP contribution < -0.4 is 5.32 Å². The summed E-state index contributed by atoms with van der Waals surface area (Å²) in [4.78, 5) is 0.316. The number of rotatable bonds is 3. The number of aromatic nitrogens is 2. The van der Waals surface area contributed by atoms with Gasteiger partial charge in [-0.05, 0) is 31.2 Å². The van der Waals surface area contributed by atoms with Crippen LogP contribution in [0.2, 0.25) is 0 Å². The second kappa shape index (κ2) is 4.45. The predicted octanol–water partition coefficient (Wildman–Crippen LogP) is 1.88. The van der Waals surface area contributed by atoms with E-state index in [2.05, 4.69) is 10.4 Å². The minimum atomic E-state index is -3.14. The van der Waals surface area contributed by atoms with Crippen LogP contribution in [0.15, 0.2) is 35.4 Å². The minimum absolute atomic E-state index is 0.316. The molecule has 18 heavy (non-hydrogen) atoms. The highest BCUT2D eigenvalue weighted by molar-refractivity contribution is 7.90. The molecule has 1 aromatic carbocycles. The van der Waals surface area contributed by atoms with Crippen molar-refractivity contribution in [2.75, 3.05) is 11.6 Å². The molecule has 6 heteroatoms. The van der Waals surface area contributed by atoms with Gasteiger partial charge in [0.25, 0.3) is 0 Å². The van der Waals surface area contributed by atoms with Crippen molar-refractivity contribution in [1.82, 2.24) is 9.78 Å². The zero-order valence-corrected chi connectivity index (χ0v) is 11.3. The molecule has 5 nitrogen and oxygen atoms in total. The Morgan fingerprint density at radius 1 is 1.22 bits per heavy atom. The van der Waals surface area contributed by atoms with Gasteiger partial charge in [-0.3, -0.25) is 4.68 Å². The highest BCUT2D eigenvalue weighted by Crippen LogP contribution is 2.20. The summed E-state index contributed by atoms with van der Waals surface area (Å²) >= 11 is 0. The van der Waals surface area contributed by atoms with Crippen molar-refractivity contribution in [3.8, 4) is 0 Å². The Morgan fingerprint density at radius 2 is 1.83 bits per heavy atom. The summed E-state index contributed by atoms with van der Waals surface area (Å²) in [5, 5.41) is 7.42. The fourth-order valence-electron chi connectivity index (χ4n) is 1.66. The van der Waals surface area contributed by atoms with Crippen molar-refractivity contribution in [3.05, 3.63) is 36.2 Å². The van der Waals surface area contributed by atoms with Crippen molar-refractivity contribution in [3.63, 3.8) is 0 Å². The molecule has 96 valence electrons. The van der Waals surface area contributed by atoms with Gasteiger partial charge in [0.2, 0.25) is 0 Å². The molecule has 0 bridgehead atoms. The van der Waals surface area contributed by atoms with Crippen LogP contribution in [0.3, 0.4) is 0 Å². The Labute approximate surface area is 106 Å². The van der Waals surface area contributed by atoms with E-state index in [0.717, 1.165) is 17.1 Å². The van der Waals surface area contributed by atoms with Gasteiger partial charge in [0, 0.05) is 25.2 Å². The molecule has 0 atom stereocenters. The maximum absolute atomic E-state index is 11.3. The summed E-state index contributed by atoms with van der Waals surface area (Å²) in [5.74, 6) is 0. The molecule has 0 fully saturated rings. The summed E-state index contributed by atoms with van der Waals surface area (Å²) in [7, 11) is -1.29. The SMILES string of the molecule is Cc1nn(C)cc1Nc1ccc(S(C)(=O)=O)cc1. The number of anilines is 2. The van der Waals surface area contributed by atoms with Gasteiger partial charge < -0.3 is 5.32 Å². The first-order valence-electron chi connectivity index (χ1n) is 5.43. The number of hydrogen-bond acceptors (Lipinski definition) is 4. The van der Waals surface area contributed by atoms with Gasteiger partial charge in [0.05, 0.1) is 16.3 Å². The summed E-state index contributed by atoms with van der Waals surface area (Å²) in [6.07, 6.45) is 3.07. The van der Waals surface area contributed by atoms with Crippen LogP contribution in [-0.4, -0.2) is 24.5 Å². The summed E-state index contributed by atoms with van der Waals surface area (Å²) < 4.78 is 24.4. The van der Waals surface area contributed by atoms with E-state index < -0.39 is 9.84 Å². The third kappa shape index (κ3) is 2.70. The standard InChI is InChI=1S/C12H15N3O2S/c1-9-12(8-15(2)14-9)13-10-4-6-11(7-5-10)18(3,16)17/h4-8,13H,1-3H3. The molecule has 1 aromatic heterocycles. The van der Waals surface area contributed by atoms with Crippen LogP contribution >= 0.6 is 0 Å². The van der Waals surface area contributed by atoms with E-state index in [9.17, 15) is 8.42 Å². The second-order valence-corrected chi connectivity index (χ2v) is 6.24. The Kier molecular flexibility index (Phi) is 3.13. The molecule has 0 spiro atoms. The number of nitrogens with one attached hydrogen (secondary N) is 1. The topological polar surface area (TPSA) is 64.0 Å². The Balaban J connectivity index is 2.24. The maximum atomic E-state index is 11.3. The first-order chi connectivity index (χ1) is 8.36. The molecular weight excluding hydrogens is 250 g/mol. The third-order valence-corrected chi connectivity index (χ3v) is 3.70. The number of hydrogen-bond donors (Lipinski definition) is 1. The first kappa shape index (κ1) is 12.6. The van der Waals surface area contributed by atoms with Gasteiger partial charge >= 0.3 is 0 Å². The Hall–Kier alpha value is -1.82. The highest BCUT2D eigenvalue weighted by Gasteiger charge is 2.07. The molecular formula is C12H15N3O2S. The number of aryl methyl sites for hydroxylation is 2. The molecule has 0 unspecified atom stereocenters. The van der Waals surface area contributed by atoms with Crippen molar-refractivity contribution < 1.29 is 8.42 Å². The van der Waals surface area contributed by atoms with Crippen LogP contribution in [-0.2, 0) is 16.9 Å². The van der Waals surface area contributed by atoms with E-state index in [-0.39, 0.29) is 0 Å². The smallest absolute Gasteiger partial charge is 0.175 e. The molecule has 0 radical (unpaired) electrons. The van der Waals surface area contributed by atoms with Gasteiger partial charge in [0.15, 0.2) is 9.84 Å². The van der Waals surface area contributed by atoms with E-state index in [1.807, 2.05) is 20.2 Å². The summed E-state index contributed by atoms with van der Waals surface area (Å²) in [6.45, 7) is 1.91. The van der Waals surface area contributed by atoms with Gasteiger partial charge in [-0.1, -0.05) is 0 Å². The first-order valence-corrected chi connectivity index (χ1v) is 7.33. The molecule has 0 aliphatic rings. The lowest BCUT2D eigenvalue weighted by atomic mass is 10.3. The van der Waals surface area contributed by atoms with E-state index >= 15 is 0 Å². The normalized spacial score (nSPS) is 11.5. The average Bonchev–Trinajstić information content (AvgIpc) is 2.57. The lowest BCUT2D eigenvalue weighted by Gasteiger charge is -2.05. The zero-order valence-electron chi connectivity index (χ0n) is 10.5. The largest absolute Gasteiger partial charge is 0.353 e. The van der Waals surface area contributed by atoms with E-state index in [0.29, 0.717) is 4.90 Å². The van der Waals surface area contributed by atoms with Crippen molar-refractivity contribution in [2.24, 2.45) is 7.05 Å². The highest BCUT2D eigenvalue weighted by atomic mass is 32.2. The predicted molar refractivity (Wildman–Crippen MR) is 70.8 cm³/mol. The van der Waals surface area contributed by atoms with Gasteiger partial charge in [0.1, 0.15) is 0 Å². The van der Waals surface area contributed by atoms with E-state index in [1.165, 1.54) is 6.26 Å². The molecule has 2 rings (SSSR count). The Bertz CT molecular complexity index is 657.